The third kappa shape index (κ3) is 3.08. The first-order chi connectivity index (χ1) is 7.69. The molecule has 0 aliphatic carbocycles. The molecule has 1 rings (SSSR count). The van der Waals surface area contributed by atoms with E-state index < -0.39 is 0 Å². The number of hydrogen-bond donors (Lipinski definition) is 3. The molecule has 0 bridgehead atoms. The Hall–Kier alpha value is -1.85. The van der Waals surface area contributed by atoms with Gasteiger partial charge in [0.2, 0.25) is 5.91 Å². The summed E-state index contributed by atoms with van der Waals surface area (Å²) in [7, 11) is 3.43. The Morgan fingerprint density at radius 3 is 2.62 bits per heavy atom. The lowest BCUT2D eigenvalue weighted by Crippen LogP contribution is -2.21. The lowest BCUT2D eigenvalue weighted by atomic mass is 10.3. The fraction of sp³-hybridized carbons (Fsp3) is 0.500. The average Bonchev–Trinajstić information content (AvgIpc) is 2.31. The summed E-state index contributed by atoms with van der Waals surface area (Å²) < 4.78 is 0. The van der Waals surface area contributed by atoms with Crippen molar-refractivity contribution in [2.75, 3.05) is 31.3 Å². The van der Waals surface area contributed by atoms with Crippen LogP contribution < -0.4 is 16.0 Å². The molecule has 6 heteroatoms. The van der Waals surface area contributed by atoms with Crippen molar-refractivity contribution >= 4 is 17.5 Å². The summed E-state index contributed by atoms with van der Waals surface area (Å²) in [6.45, 7) is 2.48. The van der Waals surface area contributed by atoms with Crippen LogP contribution in [-0.4, -0.2) is 36.5 Å². The van der Waals surface area contributed by atoms with Gasteiger partial charge in [-0.3, -0.25) is 4.79 Å². The number of aromatic nitrogens is 2. The zero-order valence-electron chi connectivity index (χ0n) is 9.79. The van der Waals surface area contributed by atoms with E-state index in [-0.39, 0.29) is 5.91 Å². The van der Waals surface area contributed by atoms with Crippen molar-refractivity contribution in [3.63, 3.8) is 0 Å². The largest absolute Gasteiger partial charge is 0.373 e. The molecule has 0 saturated heterocycles. The van der Waals surface area contributed by atoms with Gasteiger partial charge in [0.05, 0.1) is 0 Å². The molecule has 0 fully saturated rings. The summed E-state index contributed by atoms with van der Waals surface area (Å²) in [5.74, 6) is 1.55. The number of nitrogens with zero attached hydrogens (tertiary/aromatic N) is 2. The standard InChI is InChI=1S/C10H17N5O/c1-7-9(12-3)14-6-15-10(7)13-5-4-8(16)11-2/h6H,4-5H2,1-3H3,(H,11,16)(H2,12,13,14,15). The fourth-order valence-corrected chi connectivity index (χ4v) is 1.30. The minimum absolute atomic E-state index is 0.00745. The van der Waals surface area contributed by atoms with Gasteiger partial charge in [0.15, 0.2) is 0 Å². The molecule has 0 radical (unpaired) electrons. The van der Waals surface area contributed by atoms with Crippen molar-refractivity contribution in [2.45, 2.75) is 13.3 Å². The molecule has 6 nitrogen and oxygen atoms in total. The molecule has 88 valence electrons. The molecule has 1 heterocycles. The highest BCUT2D eigenvalue weighted by Gasteiger charge is 2.05. The van der Waals surface area contributed by atoms with Crippen LogP contribution in [0, 0.1) is 6.92 Å². The van der Waals surface area contributed by atoms with Crippen molar-refractivity contribution in [3.8, 4) is 0 Å². The molecule has 16 heavy (non-hydrogen) atoms. The van der Waals surface area contributed by atoms with E-state index in [2.05, 4.69) is 25.9 Å². The quantitative estimate of drug-likeness (QED) is 0.672. The summed E-state index contributed by atoms with van der Waals surface area (Å²) in [5, 5.41) is 8.64. The van der Waals surface area contributed by atoms with Gasteiger partial charge in [0, 0.05) is 32.6 Å². The van der Waals surface area contributed by atoms with Crippen molar-refractivity contribution < 1.29 is 4.79 Å². The van der Waals surface area contributed by atoms with Crippen molar-refractivity contribution in [3.05, 3.63) is 11.9 Å². The number of rotatable bonds is 5. The first-order valence-electron chi connectivity index (χ1n) is 5.12. The third-order valence-corrected chi connectivity index (χ3v) is 2.24. The van der Waals surface area contributed by atoms with Crippen LogP contribution in [0.3, 0.4) is 0 Å². The van der Waals surface area contributed by atoms with Crippen LogP contribution >= 0.6 is 0 Å². The van der Waals surface area contributed by atoms with E-state index in [9.17, 15) is 4.79 Å². The number of nitrogens with one attached hydrogen (secondary N) is 3. The lowest BCUT2D eigenvalue weighted by Gasteiger charge is -2.10. The fourth-order valence-electron chi connectivity index (χ4n) is 1.30. The number of anilines is 2. The lowest BCUT2D eigenvalue weighted by molar-refractivity contribution is -0.120. The topological polar surface area (TPSA) is 78.9 Å². The van der Waals surface area contributed by atoms with Gasteiger partial charge in [-0.15, -0.1) is 0 Å². The number of carbonyl (C=O) groups is 1. The Bertz CT molecular complexity index is 366. The second-order valence-electron chi connectivity index (χ2n) is 3.30. The third-order valence-electron chi connectivity index (χ3n) is 2.24. The van der Waals surface area contributed by atoms with Crippen molar-refractivity contribution in [2.24, 2.45) is 0 Å². The van der Waals surface area contributed by atoms with Gasteiger partial charge in [-0.2, -0.15) is 0 Å². The minimum atomic E-state index is 0.00745. The second-order valence-corrected chi connectivity index (χ2v) is 3.30. The predicted molar refractivity (Wildman–Crippen MR) is 63.5 cm³/mol. The molecule has 1 aromatic heterocycles. The van der Waals surface area contributed by atoms with E-state index in [1.54, 1.807) is 7.05 Å². The maximum Gasteiger partial charge on any atom is 0.221 e. The van der Waals surface area contributed by atoms with Gasteiger partial charge in [-0.25, -0.2) is 9.97 Å². The van der Waals surface area contributed by atoms with E-state index in [0.717, 1.165) is 17.2 Å². The maximum absolute atomic E-state index is 11.0. The SMILES string of the molecule is CNC(=O)CCNc1ncnc(NC)c1C. The van der Waals surface area contributed by atoms with Gasteiger partial charge in [-0.1, -0.05) is 0 Å². The summed E-state index contributed by atoms with van der Waals surface area (Å²) >= 11 is 0. The monoisotopic (exact) mass is 223 g/mol. The molecule has 0 atom stereocenters. The van der Waals surface area contributed by atoms with Crippen LogP contribution in [-0.2, 0) is 4.79 Å². The predicted octanol–water partition coefficient (Wildman–Crippen LogP) is 0.375. The molecule has 1 aromatic rings. The molecule has 0 spiro atoms. The molecular formula is C10H17N5O. The van der Waals surface area contributed by atoms with Crippen LogP contribution in [0.5, 0.6) is 0 Å². The summed E-state index contributed by atoms with van der Waals surface area (Å²) in [6.07, 6.45) is 1.91. The smallest absolute Gasteiger partial charge is 0.221 e. The Morgan fingerprint density at radius 1 is 1.31 bits per heavy atom. The Balaban J connectivity index is 2.57. The van der Waals surface area contributed by atoms with Crippen LogP contribution in [0.15, 0.2) is 6.33 Å². The highest BCUT2D eigenvalue weighted by atomic mass is 16.1. The van der Waals surface area contributed by atoms with Crippen molar-refractivity contribution in [1.29, 1.82) is 0 Å². The Labute approximate surface area is 94.9 Å². The minimum Gasteiger partial charge on any atom is -0.373 e. The maximum atomic E-state index is 11.0. The molecule has 0 aliphatic heterocycles. The van der Waals surface area contributed by atoms with Crippen molar-refractivity contribution in [1.82, 2.24) is 15.3 Å². The molecule has 0 unspecified atom stereocenters. The number of amides is 1. The van der Waals surface area contributed by atoms with E-state index in [1.165, 1.54) is 6.33 Å². The summed E-state index contributed by atoms with van der Waals surface area (Å²) in [6, 6.07) is 0. The molecular weight excluding hydrogens is 206 g/mol. The second kappa shape index (κ2) is 5.89. The Kier molecular flexibility index (Phi) is 4.50. The first kappa shape index (κ1) is 12.2. The van der Waals surface area contributed by atoms with Gasteiger partial charge in [0.25, 0.3) is 0 Å². The van der Waals surface area contributed by atoms with Crippen LogP contribution in [0.1, 0.15) is 12.0 Å². The van der Waals surface area contributed by atoms with Gasteiger partial charge >= 0.3 is 0 Å². The Morgan fingerprint density at radius 2 is 2.00 bits per heavy atom. The highest BCUT2D eigenvalue weighted by molar-refractivity contribution is 5.76. The zero-order valence-corrected chi connectivity index (χ0v) is 9.79. The van der Waals surface area contributed by atoms with E-state index in [0.29, 0.717) is 13.0 Å². The van der Waals surface area contributed by atoms with Crippen LogP contribution in [0.4, 0.5) is 11.6 Å². The van der Waals surface area contributed by atoms with Gasteiger partial charge in [-0.05, 0) is 6.92 Å². The van der Waals surface area contributed by atoms with Gasteiger partial charge < -0.3 is 16.0 Å². The highest BCUT2D eigenvalue weighted by Crippen LogP contribution is 2.16. The molecule has 3 N–H and O–H groups in total. The number of hydrogen-bond acceptors (Lipinski definition) is 5. The van der Waals surface area contributed by atoms with Gasteiger partial charge in [0.1, 0.15) is 18.0 Å². The van der Waals surface area contributed by atoms with E-state index in [1.807, 2.05) is 14.0 Å². The van der Waals surface area contributed by atoms with E-state index >= 15 is 0 Å². The molecule has 0 saturated carbocycles. The zero-order chi connectivity index (χ0) is 12.0. The van der Waals surface area contributed by atoms with E-state index in [4.69, 9.17) is 0 Å². The molecule has 1 amide bonds. The summed E-state index contributed by atoms with van der Waals surface area (Å²) in [5.41, 5.74) is 0.946. The first-order valence-corrected chi connectivity index (χ1v) is 5.12. The van der Waals surface area contributed by atoms with Crippen LogP contribution in [0.25, 0.3) is 0 Å². The molecule has 0 aromatic carbocycles. The average molecular weight is 223 g/mol. The number of carbonyl (C=O) groups excluding carboxylic acids is 1. The van der Waals surface area contributed by atoms with Crippen LogP contribution in [0.2, 0.25) is 0 Å². The normalized spacial score (nSPS) is 9.69. The molecule has 0 aliphatic rings. The summed E-state index contributed by atoms with van der Waals surface area (Å²) in [4.78, 5) is 19.2.